The molecule has 0 aliphatic carbocycles. The zero-order chi connectivity index (χ0) is 15.6. The number of carbonyl (C=O) groups is 1. The first kappa shape index (κ1) is 18.4. The Morgan fingerprint density at radius 2 is 1.86 bits per heavy atom. The molecule has 1 rings (SSSR count). The molecule has 0 atom stereocenters. The summed E-state index contributed by atoms with van der Waals surface area (Å²) in [5, 5.41) is 2.80. The van der Waals surface area contributed by atoms with Gasteiger partial charge in [0.2, 0.25) is 15.9 Å². The van der Waals surface area contributed by atoms with Gasteiger partial charge in [0.05, 0.1) is 5.75 Å². The lowest BCUT2D eigenvalue weighted by Gasteiger charge is -2.25. The maximum Gasteiger partial charge on any atom is 0.219 e. The largest absolute Gasteiger partial charge is 0.385 e. The molecule has 124 valence electrons. The van der Waals surface area contributed by atoms with Gasteiger partial charge in [-0.1, -0.05) is 6.42 Å². The number of sulfonamides is 1. The maximum absolute atomic E-state index is 12.1. The minimum absolute atomic E-state index is 0.0125. The van der Waals surface area contributed by atoms with Crippen molar-refractivity contribution >= 4 is 15.9 Å². The standard InChI is InChI=1S/C14H28N2O4S/c1-20-12-7-9-15-14(17)8-3-6-13-21(18,19)16-10-4-2-5-11-16/h2-13H2,1H3,(H,15,17). The first-order valence-electron chi connectivity index (χ1n) is 7.80. The number of rotatable bonds is 10. The highest BCUT2D eigenvalue weighted by Crippen LogP contribution is 2.14. The molecule has 0 saturated carbocycles. The van der Waals surface area contributed by atoms with Crippen LogP contribution in [0.4, 0.5) is 0 Å². The molecule has 1 heterocycles. The first-order chi connectivity index (χ1) is 10.1. The molecule has 0 radical (unpaired) electrons. The van der Waals surface area contributed by atoms with Crippen LogP contribution < -0.4 is 5.32 Å². The highest BCUT2D eigenvalue weighted by molar-refractivity contribution is 7.89. The minimum atomic E-state index is -3.12. The number of ether oxygens (including phenoxy) is 1. The fraction of sp³-hybridized carbons (Fsp3) is 0.929. The molecule has 0 unspecified atom stereocenters. The summed E-state index contributed by atoms with van der Waals surface area (Å²) < 4.78 is 30.7. The summed E-state index contributed by atoms with van der Waals surface area (Å²) in [5.41, 5.74) is 0. The van der Waals surface area contributed by atoms with E-state index in [0.717, 1.165) is 25.7 Å². The first-order valence-corrected chi connectivity index (χ1v) is 9.40. The number of unbranched alkanes of at least 4 members (excludes halogenated alkanes) is 1. The van der Waals surface area contributed by atoms with Gasteiger partial charge in [0.1, 0.15) is 0 Å². The summed E-state index contributed by atoms with van der Waals surface area (Å²) in [4.78, 5) is 11.5. The van der Waals surface area contributed by atoms with Crippen LogP contribution in [-0.4, -0.2) is 57.7 Å². The van der Waals surface area contributed by atoms with Crippen molar-refractivity contribution < 1.29 is 17.9 Å². The summed E-state index contributed by atoms with van der Waals surface area (Å²) in [6.07, 6.45) is 5.39. The van der Waals surface area contributed by atoms with Crippen LogP contribution >= 0.6 is 0 Å². The van der Waals surface area contributed by atoms with Crippen molar-refractivity contribution in [1.82, 2.24) is 9.62 Å². The maximum atomic E-state index is 12.1. The number of methoxy groups -OCH3 is 1. The third-order valence-corrected chi connectivity index (χ3v) is 5.57. The van der Waals surface area contributed by atoms with Crippen LogP contribution in [-0.2, 0) is 19.6 Å². The molecular formula is C14H28N2O4S. The second-order valence-electron chi connectivity index (χ2n) is 5.43. The van der Waals surface area contributed by atoms with E-state index < -0.39 is 10.0 Å². The highest BCUT2D eigenvalue weighted by atomic mass is 32.2. The summed E-state index contributed by atoms with van der Waals surface area (Å²) in [7, 11) is -1.49. The molecule has 1 aliphatic heterocycles. The van der Waals surface area contributed by atoms with Gasteiger partial charge in [0.25, 0.3) is 0 Å². The minimum Gasteiger partial charge on any atom is -0.385 e. The van der Waals surface area contributed by atoms with E-state index in [9.17, 15) is 13.2 Å². The van der Waals surface area contributed by atoms with Gasteiger partial charge in [-0.2, -0.15) is 0 Å². The van der Waals surface area contributed by atoms with Crippen LogP contribution in [0.3, 0.4) is 0 Å². The van der Waals surface area contributed by atoms with Gasteiger partial charge in [0.15, 0.2) is 0 Å². The average molecular weight is 320 g/mol. The monoisotopic (exact) mass is 320 g/mol. The second-order valence-corrected chi connectivity index (χ2v) is 7.52. The molecule has 1 fully saturated rings. The SMILES string of the molecule is COCCCNC(=O)CCCCS(=O)(=O)N1CCCCC1. The topological polar surface area (TPSA) is 75.7 Å². The van der Waals surface area contributed by atoms with Gasteiger partial charge in [-0.05, 0) is 32.1 Å². The van der Waals surface area contributed by atoms with Crippen LogP contribution in [0.25, 0.3) is 0 Å². The van der Waals surface area contributed by atoms with Crippen molar-refractivity contribution in [2.75, 3.05) is 39.1 Å². The van der Waals surface area contributed by atoms with Crippen LogP contribution in [0.5, 0.6) is 0 Å². The third kappa shape index (κ3) is 7.78. The Hall–Kier alpha value is -0.660. The van der Waals surface area contributed by atoms with Gasteiger partial charge in [-0.3, -0.25) is 4.79 Å². The van der Waals surface area contributed by atoms with Crippen LogP contribution in [0.2, 0.25) is 0 Å². The smallest absolute Gasteiger partial charge is 0.219 e. The van der Waals surface area contributed by atoms with Crippen molar-refractivity contribution in [2.24, 2.45) is 0 Å². The zero-order valence-corrected chi connectivity index (χ0v) is 13.8. The molecule has 0 spiro atoms. The molecule has 6 nitrogen and oxygen atoms in total. The number of hydrogen-bond acceptors (Lipinski definition) is 4. The van der Waals surface area contributed by atoms with Gasteiger partial charge in [0, 0.05) is 39.8 Å². The quantitative estimate of drug-likeness (QED) is 0.612. The number of nitrogens with zero attached hydrogens (tertiary/aromatic N) is 1. The summed E-state index contributed by atoms with van der Waals surface area (Å²) >= 11 is 0. The zero-order valence-electron chi connectivity index (χ0n) is 13.0. The molecule has 1 N–H and O–H groups in total. The Kier molecular flexibility index (Phi) is 8.87. The van der Waals surface area contributed by atoms with Crippen LogP contribution in [0.1, 0.15) is 44.9 Å². The third-order valence-electron chi connectivity index (χ3n) is 3.61. The number of amides is 1. The molecule has 0 aromatic heterocycles. The molecule has 21 heavy (non-hydrogen) atoms. The lowest BCUT2D eigenvalue weighted by atomic mass is 10.2. The Balaban J connectivity index is 2.11. The van der Waals surface area contributed by atoms with Crippen LogP contribution in [0, 0.1) is 0 Å². The Morgan fingerprint density at radius 3 is 2.52 bits per heavy atom. The van der Waals surface area contributed by atoms with E-state index in [-0.39, 0.29) is 11.7 Å². The van der Waals surface area contributed by atoms with E-state index in [1.165, 1.54) is 0 Å². The van der Waals surface area contributed by atoms with E-state index >= 15 is 0 Å². The summed E-state index contributed by atoms with van der Waals surface area (Å²) in [5.74, 6) is 0.144. The molecule has 1 aliphatic rings. The lowest BCUT2D eigenvalue weighted by molar-refractivity contribution is -0.121. The van der Waals surface area contributed by atoms with Gasteiger partial charge < -0.3 is 10.1 Å². The molecular weight excluding hydrogens is 292 g/mol. The van der Waals surface area contributed by atoms with Gasteiger partial charge in [-0.15, -0.1) is 0 Å². The number of piperidine rings is 1. The van der Waals surface area contributed by atoms with Gasteiger partial charge >= 0.3 is 0 Å². The molecule has 0 aromatic rings. The molecule has 0 bridgehead atoms. The predicted molar refractivity (Wildman–Crippen MR) is 82.6 cm³/mol. The van der Waals surface area contributed by atoms with E-state index in [0.29, 0.717) is 45.5 Å². The van der Waals surface area contributed by atoms with Crippen molar-refractivity contribution in [2.45, 2.75) is 44.9 Å². The molecule has 7 heteroatoms. The fourth-order valence-corrected chi connectivity index (χ4v) is 4.02. The normalized spacial score (nSPS) is 16.8. The Morgan fingerprint density at radius 1 is 1.14 bits per heavy atom. The van der Waals surface area contributed by atoms with E-state index in [4.69, 9.17) is 4.74 Å². The van der Waals surface area contributed by atoms with Crippen LogP contribution in [0.15, 0.2) is 0 Å². The van der Waals surface area contributed by atoms with Crippen molar-refractivity contribution in [3.63, 3.8) is 0 Å². The lowest BCUT2D eigenvalue weighted by Crippen LogP contribution is -2.37. The Labute approximate surface area is 128 Å². The molecule has 1 amide bonds. The number of carbonyl (C=O) groups excluding carboxylic acids is 1. The van der Waals surface area contributed by atoms with Crippen molar-refractivity contribution in [3.05, 3.63) is 0 Å². The van der Waals surface area contributed by atoms with E-state index in [1.807, 2.05) is 0 Å². The fourth-order valence-electron chi connectivity index (χ4n) is 2.37. The Bertz CT molecular complexity index is 392. The highest BCUT2D eigenvalue weighted by Gasteiger charge is 2.23. The average Bonchev–Trinajstić information content (AvgIpc) is 2.49. The molecule has 0 aromatic carbocycles. The number of hydrogen-bond donors (Lipinski definition) is 1. The summed E-state index contributed by atoms with van der Waals surface area (Å²) in [6.45, 7) is 2.55. The number of nitrogens with one attached hydrogen (secondary N) is 1. The summed E-state index contributed by atoms with van der Waals surface area (Å²) in [6, 6.07) is 0. The van der Waals surface area contributed by atoms with E-state index in [2.05, 4.69) is 5.32 Å². The molecule has 1 saturated heterocycles. The van der Waals surface area contributed by atoms with Crippen molar-refractivity contribution in [1.29, 1.82) is 0 Å². The van der Waals surface area contributed by atoms with E-state index in [1.54, 1.807) is 11.4 Å². The predicted octanol–water partition coefficient (Wildman–Crippen LogP) is 1.13. The second kappa shape index (κ2) is 10.1. The van der Waals surface area contributed by atoms with Gasteiger partial charge in [-0.25, -0.2) is 12.7 Å². The van der Waals surface area contributed by atoms with Crippen molar-refractivity contribution in [3.8, 4) is 0 Å².